The third-order valence-corrected chi connectivity index (χ3v) is 3.81. The van der Waals surface area contributed by atoms with E-state index in [1.54, 1.807) is 17.5 Å². The van der Waals surface area contributed by atoms with Crippen LogP contribution in [0, 0.1) is 0 Å². The van der Waals surface area contributed by atoms with Crippen molar-refractivity contribution in [2.45, 2.75) is 12.5 Å². The molecular weight excluding hydrogens is 242 g/mol. The highest BCUT2D eigenvalue weighted by molar-refractivity contribution is 7.07. The molecule has 0 amide bonds. The van der Waals surface area contributed by atoms with Crippen molar-refractivity contribution >= 4 is 22.1 Å². The summed E-state index contributed by atoms with van der Waals surface area (Å²) in [5.41, 5.74) is 2.15. The topological polar surface area (TPSA) is 33.1 Å². The van der Waals surface area contributed by atoms with E-state index in [1.165, 1.54) is 5.56 Å². The summed E-state index contributed by atoms with van der Waals surface area (Å²) < 4.78 is 0. The molecule has 0 aliphatic rings. The van der Waals surface area contributed by atoms with Crippen LogP contribution in [0.25, 0.3) is 10.8 Å². The SMILES string of the molecule is OC(Cc1ccsc1)c1cccc2cnccc12. The number of aromatic nitrogens is 1. The summed E-state index contributed by atoms with van der Waals surface area (Å²) >= 11 is 1.66. The highest BCUT2D eigenvalue weighted by Crippen LogP contribution is 2.26. The Kier molecular flexibility index (Phi) is 3.09. The number of aliphatic hydroxyl groups is 1. The van der Waals surface area contributed by atoms with Gasteiger partial charge >= 0.3 is 0 Å². The Morgan fingerprint density at radius 2 is 2.17 bits per heavy atom. The molecule has 0 saturated carbocycles. The third-order valence-electron chi connectivity index (χ3n) is 3.08. The van der Waals surface area contributed by atoms with Crippen molar-refractivity contribution in [3.8, 4) is 0 Å². The quantitative estimate of drug-likeness (QED) is 0.776. The predicted molar refractivity (Wildman–Crippen MR) is 74.7 cm³/mol. The van der Waals surface area contributed by atoms with Gasteiger partial charge in [0.1, 0.15) is 0 Å². The van der Waals surface area contributed by atoms with Crippen molar-refractivity contribution in [3.05, 3.63) is 64.6 Å². The first kappa shape index (κ1) is 11.4. The summed E-state index contributed by atoms with van der Waals surface area (Å²) in [4.78, 5) is 4.11. The number of fused-ring (bicyclic) bond motifs is 1. The van der Waals surface area contributed by atoms with Gasteiger partial charge in [-0.25, -0.2) is 0 Å². The number of hydrogen-bond donors (Lipinski definition) is 1. The number of pyridine rings is 1. The Bertz CT molecular complexity index is 643. The van der Waals surface area contributed by atoms with Crippen LogP contribution < -0.4 is 0 Å². The number of aliphatic hydroxyl groups excluding tert-OH is 1. The molecular formula is C15H13NOS. The molecule has 1 aromatic carbocycles. The van der Waals surface area contributed by atoms with E-state index in [0.29, 0.717) is 6.42 Å². The van der Waals surface area contributed by atoms with Crippen LogP contribution in [-0.4, -0.2) is 10.1 Å². The summed E-state index contributed by atoms with van der Waals surface area (Å²) in [5.74, 6) is 0. The molecule has 0 fully saturated rings. The first-order valence-electron chi connectivity index (χ1n) is 5.86. The predicted octanol–water partition coefficient (Wildman–Crippen LogP) is 3.57. The number of thiophene rings is 1. The molecule has 3 aromatic rings. The molecule has 3 rings (SSSR count). The van der Waals surface area contributed by atoms with Gasteiger partial charge in [0.15, 0.2) is 0 Å². The van der Waals surface area contributed by atoms with E-state index < -0.39 is 6.10 Å². The van der Waals surface area contributed by atoms with Gasteiger partial charge in [-0.3, -0.25) is 4.98 Å². The number of hydrogen-bond acceptors (Lipinski definition) is 3. The zero-order valence-electron chi connectivity index (χ0n) is 9.78. The maximum absolute atomic E-state index is 10.4. The Balaban J connectivity index is 1.98. The van der Waals surface area contributed by atoms with E-state index in [4.69, 9.17) is 0 Å². The summed E-state index contributed by atoms with van der Waals surface area (Å²) in [6.07, 6.45) is 3.79. The first-order chi connectivity index (χ1) is 8.84. The lowest BCUT2D eigenvalue weighted by atomic mass is 9.98. The molecule has 0 radical (unpaired) electrons. The summed E-state index contributed by atoms with van der Waals surface area (Å²) in [6.45, 7) is 0. The molecule has 3 heteroatoms. The molecule has 0 saturated heterocycles. The van der Waals surface area contributed by atoms with Crippen LogP contribution in [0.5, 0.6) is 0 Å². The minimum absolute atomic E-state index is 0.467. The Morgan fingerprint density at radius 1 is 1.22 bits per heavy atom. The van der Waals surface area contributed by atoms with Crippen LogP contribution in [0.4, 0.5) is 0 Å². The monoisotopic (exact) mass is 255 g/mol. The van der Waals surface area contributed by atoms with Crippen LogP contribution in [0.3, 0.4) is 0 Å². The summed E-state index contributed by atoms with van der Waals surface area (Å²) in [5, 5.41) is 16.6. The van der Waals surface area contributed by atoms with E-state index in [2.05, 4.69) is 16.4 Å². The van der Waals surface area contributed by atoms with Gasteiger partial charge in [-0.15, -0.1) is 0 Å². The third kappa shape index (κ3) is 2.15. The maximum atomic E-state index is 10.4. The Labute approximate surface area is 110 Å². The second-order valence-electron chi connectivity index (χ2n) is 4.30. The molecule has 1 unspecified atom stereocenters. The molecule has 18 heavy (non-hydrogen) atoms. The van der Waals surface area contributed by atoms with Crippen molar-refractivity contribution in [2.24, 2.45) is 0 Å². The molecule has 2 nitrogen and oxygen atoms in total. The molecule has 1 atom stereocenters. The van der Waals surface area contributed by atoms with E-state index >= 15 is 0 Å². The fourth-order valence-corrected chi connectivity index (χ4v) is 2.86. The first-order valence-corrected chi connectivity index (χ1v) is 6.80. The molecule has 2 aromatic heterocycles. The van der Waals surface area contributed by atoms with E-state index in [1.807, 2.05) is 35.8 Å². The Morgan fingerprint density at radius 3 is 3.00 bits per heavy atom. The van der Waals surface area contributed by atoms with Gasteiger partial charge in [-0.1, -0.05) is 18.2 Å². The lowest BCUT2D eigenvalue weighted by molar-refractivity contribution is 0.180. The minimum atomic E-state index is -0.467. The normalized spacial score (nSPS) is 12.7. The number of nitrogens with zero attached hydrogens (tertiary/aromatic N) is 1. The van der Waals surface area contributed by atoms with Crippen molar-refractivity contribution in [1.82, 2.24) is 4.98 Å². The van der Waals surface area contributed by atoms with Gasteiger partial charge in [0.25, 0.3) is 0 Å². The van der Waals surface area contributed by atoms with Crippen LogP contribution in [0.1, 0.15) is 17.2 Å². The smallest absolute Gasteiger partial charge is 0.0836 e. The van der Waals surface area contributed by atoms with Gasteiger partial charge in [0, 0.05) is 24.2 Å². The molecule has 0 aliphatic heterocycles. The van der Waals surface area contributed by atoms with Crippen LogP contribution in [-0.2, 0) is 6.42 Å². The fraction of sp³-hybridized carbons (Fsp3) is 0.133. The second kappa shape index (κ2) is 4.88. The largest absolute Gasteiger partial charge is 0.388 e. The highest BCUT2D eigenvalue weighted by atomic mass is 32.1. The lowest BCUT2D eigenvalue weighted by Gasteiger charge is -2.12. The fourth-order valence-electron chi connectivity index (χ4n) is 2.18. The van der Waals surface area contributed by atoms with Crippen LogP contribution in [0.2, 0.25) is 0 Å². The van der Waals surface area contributed by atoms with E-state index in [-0.39, 0.29) is 0 Å². The van der Waals surface area contributed by atoms with Gasteiger partial charge in [-0.2, -0.15) is 11.3 Å². The number of rotatable bonds is 3. The molecule has 0 aliphatic carbocycles. The van der Waals surface area contributed by atoms with Gasteiger partial charge in [0.2, 0.25) is 0 Å². The van der Waals surface area contributed by atoms with Gasteiger partial charge in [-0.05, 0) is 39.4 Å². The van der Waals surface area contributed by atoms with Crippen LogP contribution >= 0.6 is 11.3 Å². The van der Waals surface area contributed by atoms with Gasteiger partial charge in [0.05, 0.1) is 6.10 Å². The summed E-state index contributed by atoms with van der Waals surface area (Å²) in [7, 11) is 0. The Hall–Kier alpha value is -1.71. The summed E-state index contributed by atoms with van der Waals surface area (Å²) in [6, 6.07) is 9.99. The van der Waals surface area contributed by atoms with Crippen molar-refractivity contribution in [1.29, 1.82) is 0 Å². The van der Waals surface area contributed by atoms with E-state index in [0.717, 1.165) is 16.3 Å². The van der Waals surface area contributed by atoms with E-state index in [9.17, 15) is 5.11 Å². The van der Waals surface area contributed by atoms with Crippen molar-refractivity contribution in [2.75, 3.05) is 0 Å². The zero-order valence-corrected chi connectivity index (χ0v) is 10.6. The average Bonchev–Trinajstić information content (AvgIpc) is 2.91. The zero-order chi connectivity index (χ0) is 12.4. The van der Waals surface area contributed by atoms with Crippen molar-refractivity contribution in [3.63, 3.8) is 0 Å². The highest BCUT2D eigenvalue weighted by Gasteiger charge is 2.11. The van der Waals surface area contributed by atoms with Gasteiger partial charge < -0.3 is 5.11 Å². The van der Waals surface area contributed by atoms with Crippen molar-refractivity contribution < 1.29 is 5.11 Å². The second-order valence-corrected chi connectivity index (χ2v) is 5.08. The molecule has 0 bridgehead atoms. The maximum Gasteiger partial charge on any atom is 0.0836 e. The average molecular weight is 255 g/mol. The van der Waals surface area contributed by atoms with Crippen LogP contribution in [0.15, 0.2) is 53.5 Å². The number of benzene rings is 1. The molecule has 1 N–H and O–H groups in total. The standard InChI is InChI=1S/C15H13NOS/c17-15(8-11-5-7-18-10-11)14-3-1-2-12-9-16-6-4-13(12)14/h1-7,9-10,15,17H,8H2. The molecule has 2 heterocycles. The molecule has 0 spiro atoms. The minimum Gasteiger partial charge on any atom is -0.388 e. The molecule has 90 valence electrons. The lowest BCUT2D eigenvalue weighted by Crippen LogP contribution is -2.01.